The van der Waals surface area contributed by atoms with Gasteiger partial charge in [0.05, 0.1) is 0 Å². The van der Waals surface area contributed by atoms with Gasteiger partial charge in [-0.15, -0.1) is 37.1 Å². The summed E-state index contributed by atoms with van der Waals surface area (Å²) in [4.78, 5) is 21.3. The molecule has 2 atom stereocenters. The lowest BCUT2D eigenvalue weighted by molar-refractivity contribution is -0.191. The first-order valence-corrected chi connectivity index (χ1v) is 3.52. The van der Waals surface area contributed by atoms with Crippen LogP contribution in [0.15, 0.2) is 13.2 Å². The Hall–Kier alpha value is -0.590. The Balaban J connectivity index is 0. The molecule has 0 saturated carbocycles. The molecular formula is C8H13IO4. The van der Waals surface area contributed by atoms with Crippen LogP contribution in [0.3, 0.4) is 0 Å². The van der Waals surface area contributed by atoms with E-state index in [1.807, 2.05) is 0 Å². The largest absolute Gasteiger partial charge is 0.448 e. The first-order valence-electron chi connectivity index (χ1n) is 3.52. The summed E-state index contributed by atoms with van der Waals surface area (Å²) in [6.07, 6.45) is -1.49. The average molecular weight is 300 g/mol. The third kappa shape index (κ3) is 4.25. The Morgan fingerprint density at radius 2 is 1.23 bits per heavy atom. The van der Waals surface area contributed by atoms with E-state index in [2.05, 4.69) is 22.6 Å². The highest BCUT2D eigenvalue weighted by Crippen LogP contribution is 2.08. The molecule has 1 saturated heterocycles. The topological polar surface area (TPSA) is 52.6 Å². The number of halogens is 1. The SMILES string of the molecule is C=C.CC1OC(=O)C(C)OC1=O.I. The number of ether oxygens (including phenoxy) is 2. The molecular weight excluding hydrogens is 287 g/mol. The molecule has 1 rings (SSSR count). The van der Waals surface area contributed by atoms with Crippen molar-refractivity contribution < 1.29 is 19.1 Å². The fourth-order valence-corrected chi connectivity index (χ4v) is 0.636. The van der Waals surface area contributed by atoms with E-state index < -0.39 is 24.1 Å². The number of rotatable bonds is 0. The number of hydrogen-bond acceptors (Lipinski definition) is 4. The minimum atomic E-state index is -0.747. The van der Waals surface area contributed by atoms with E-state index in [0.717, 1.165) is 0 Å². The Kier molecular flexibility index (Phi) is 7.89. The first kappa shape index (κ1) is 14.9. The average Bonchev–Trinajstić information content (AvgIpc) is 2.05. The lowest BCUT2D eigenvalue weighted by Crippen LogP contribution is -2.40. The van der Waals surface area contributed by atoms with Gasteiger partial charge in [0, 0.05) is 0 Å². The van der Waals surface area contributed by atoms with E-state index in [1.54, 1.807) is 0 Å². The van der Waals surface area contributed by atoms with Crippen LogP contribution in [0, 0.1) is 0 Å². The van der Waals surface area contributed by atoms with Gasteiger partial charge in [0.15, 0.2) is 12.2 Å². The Morgan fingerprint density at radius 3 is 1.46 bits per heavy atom. The summed E-state index contributed by atoms with van der Waals surface area (Å²) in [5.74, 6) is -0.959. The van der Waals surface area contributed by atoms with Crippen LogP contribution in [0.4, 0.5) is 0 Å². The molecule has 0 aromatic heterocycles. The lowest BCUT2D eigenvalue weighted by Gasteiger charge is -2.22. The van der Waals surface area contributed by atoms with Crippen molar-refractivity contribution in [2.75, 3.05) is 0 Å². The summed E-state index contributed by atoms with van der Waals surface area (Å²) in [7, 11) is 0. The van der Waals surface area contributed by atoms with Crippen LogP contribution in [0.1, 0.15) is 13.8 Å². The summed E-state index contributed by atoms with van der Waals surface area (Å²) in [5, 5.41) is 0. The molecule has 0 amide bonds. The molecule has 0 aromatic rings. The summed E-state index contributed by atoms with van der Waals surface area (Å²) in [6, 6.07) is 0. The normalized spacial score (nSPS) is 25.7. The van der Waals surface area contributed by atoms with E-state index in [4.69, 9.17) is 0 Å². The second-order valence-electron chi connectivity index (χ2n) is 2.16. The molecule has 1 aliphatic heterocycles. The molecule has 0 bridgehead atoms. The molecule has 13 heavy (non-hydrogen) atoms. The quantitative estimate of drug-likeness (QED) is 0.384. The number of cyclic esters (lactones) is 2. The van der Waals surface area contributed by atoms with Crippen LogP contribution in [-0.2, 0) is 19.1 Å². The van der Waals surface area contributed by atoms with E-state index in [9.17, 15) is 9.59 Å². The zero-order valence-electron chi connectivity index (χ0n) is 7.61. The van der Waals surface area contributed by atoms with E-state index in [-0.39, 0.29) is 24.0 Å². The minimum Gasteiger partial charge on any atom is -0.448 e. The molecule has 0 aromatic carbocycles. The van der Waals surface area contributed by atoms with Crippen LogP contribution in [0.2, 0.25) is 0 Å². The van der Waals surface area contributed by atoms with Gasteiger partial charge in [0.2, 0.25) is 0 Å². The zero-order chi connectivity index (χ0) is 9.72. The third-order valence-electron chi connectivity index (χ3n) is 1.25. The monoisotopic (exact) mass is 300 g/mol. The Bertz CT molecular complexity index is 173. The highest BCUT2D eigenvalue weighted by Gasteiger charge is 2.32. The fourth-order valence-electron chi connectivity index (χ4n) is 0.636. The summed E-state index contributed by atoms with van der Waals surface area (Å²) in [5.41, 5.74) is 0. The Labute approximate surface area is 94.3 Å². The number of carbonyl (C=O) groups excluding carboxylic acids is 2. The van der Waals surface area contributed by atoms with Gasteiger partial charge in [-0.2, -0.15) is 0 Å². The van der Waals surface area contributed by atoms with Crippen LogP contribution < -0.4 is 0 Å². The lowest BCUT2D eigenvalue weighted by atomic mass is 10.3. The standard InChI is InChI=1S/C6H8O4.C2H4.HI/c1-3-5(7)10-4(2)6(8)9-3;1-2;/h3-4H,1-2H3;1-2H2;1H. The maximum atomic E-state index is 10.7. The predicted octanol–water partition coefficient (Wildman–Crippen LogP) is 1.28. The highest BCUT2D eigenvalue weighted by molar-refractivity contribution is 14.0. The molecule has 76 valence electrons. The van der Waals surface area contributed by atoms with Crippen molar-refractivity contribution in [3.05, 3.63) is 13.2 Å². The van der Waals surface area contributed by atoms with Crippen molar-refractivity contribution >= 4 is 35.9 Å². The smallest absolute Gasteiger partial charge is 0.347 e. The van der Waals surface area contributed by atoms with Gasteiger partial charge in [0.25, 0.3) is 0 Å². The van der Waals surface area contributed by atoms with Crippen molar-refractivity contribution in [3.8, 4) is 0 Å². The second-order valence-corrected chi connectivity index (χ2v) is 2.16. The van der Waals surface area contributed by atoms with Gasteiger partial charge in [-0.05, 0) is 13.8 Å². The molecule has 1 aliphatic rings. The van der Waals surface area contributed by atoms with Crippen molar-refractivity contribution in [1.29, 1.82) is 0 Å². The van der Waals surface area contributed by atoms with Crippen LogP contribution in [0.25, 0.3) is 0 Å². The van der Waals surface area contributed by atoms with Gasteiger partial charge in [-0.25, -0.2) is 9.59 Å². The third-order valence-corrected chi connectivity index (χ3v) is 1.25. The molecule has 0 spiro atoms. The number of carbonyl (C=O) groups is 2. The molecule has 0 aliphatic carbocycles. The molecule has 0 N–H and O–H groups in total. The van der Waals surface area contributed by atoms with Gasteiger partial charge in [-0.1, -0.05) is 0 Å². The van der Waals surface area contributed by atoms with Gasteiger partial charge in [-0.3, -0.25) is 0 Å². The predicted molar refractivity (Wildman–Crippen MR) is 57.8 cm³/mol. The van der Waals surface area contributed by atoms with Crippen molar-refractivity contribution in [1.82, 2.24) is 0 Å². The van der Waals surface area contributed by atoms with Crippen molar-refractivity contribution in [2.24, 2.45) is 0 Å². The molecule has 2 unspecified atom stereocenters. The van der Waals surface area contributed by atoms with Gasteiger partial charge < -0.3 is 9.47 Å². The van der Waals surface area contributed by atoms with E-state index >= 15 is 0 Å². The first-order chi connectivity index (χ1) is 5.61. The molecule has 4 nitrogen and oxygen atoms in total. The summed E-state index contributed by atoms with van der Waals surface area (Å²) >= 11 is 0. The van der Waals surface area contributed by atoms with Crippen LogP contribution in [0.5, 0.6) is 0 Å². The van der Waals surface area contributed by atoms with Crippen LogP contribution >= 0.6 is 24.0 Å². The maximum absolute atomic E-state index is 10.7. The number of esters is 2. The van der Waals surface area contributed by atoms with Crippen LogP contribution in [-0.4, -0.2) is 24.1 Å². The minimum absolute atomic E-state index is 0. The van der Waals surface area contributed by atoms with Gasteiger partial charge >= 0.3 is 11.9 Å². The maximum Gasteiger partial charge on any atom is 0.347 e. The van der Waals surface area contributed by atoms with Crippen molar-refractivity contribution in [3.63, 3.8) is 0 Å². The van der Waals surface area contributed by atoms with Crippen molar-refractivity contribution in [2.45, 2.75) is 26.1 Å². The molecule has 1 heterocycles. The molecule has 1 fully saturated rings. The summed E-state index contributed by atoms with van der Waals surface area (Å²) < 4.78 is 9.19. The highest BCUT2D eigenvalue weighted by atomic mass is 127. The van der Waals surface area contributed by atoms with Gasteiger partial charge in [0.1, 0.15) is 0 Å². The fraction of sp³-hybridized carbons (Fsp3) is 0.500. The number of hydrogen-bond donors (Lipinski definition) is 0. The van der Waals surface area contributed by atoms with E-state index in [1.165, 1.54) is 13.8 Å². The summed E-state index contributed by atoms with van der Waals surface area (Å²) in [6.45, 7) is 8.96. The molecule has 0 radical (unpaired) electrons. The zero-order valence-corrected chi connectivity index (χ0v) is 9.94. The Morgan fingerprint density at radius 1 is 1.00 bits per heavy atom. The van der Waals surface area contributed by atoms with E-state index in [0.29, 0.717) is 0 Å². The second kappa shape index (κ2) is 6.88. The molecule has 5 heteroatoms.